The number of primary amides is 1. The van der Waals surface area contributed by atoms with Crippen LogP contribution in [0.1, 0.15) is 24.1 Å². The van der Waals surface area contributed by atoms with Gasteiger partial charge in [-0.15, -0.1) is 0 Å². The van der Waals surface area contributed by atoms with Crippen LogP contribution >= 0.6 is 0 Å². The molecule has 0 aliphatic rings. The fourth-order valence-electron chi connectivity index (χ4n) is 3.03. The number of carbonyl (C=O) groups is 1. The van der Waals surface area contributed by atoms with Crippen molar-refractivity contribution in [1.29, 1.82) is 0 Å². The van der Waals surface area contributed by atoms with Gasteiger partial charge in [0.2, 0.25) is 5.91 Å². The minimum Gasteiger partial charge on any atom is -0.368 e. The zero-order valence-electron chi connectivity index (χ0n) is 14.8. The summed E-state index contributed by atoms with van der Waals surface area (Å²) in [5, 5.41) is 8.30. The van der Waals surface area contributed by atoms with E-state index in [-0.39, 0.29) is 5.56 Å². The largest absolute Gasteiger partial charge is 0.368 e. The third-order valence-corrected chi connectivity index (χ3v) is 4.48. The van der Waals surface area contributed by atoms with E-state index in [1.54, 1.807) is 23.1 Å². The normalized spacial score (nSPS) is 13.0. The highest BCUT2D eigenvalue weighted by Crippen LogP contribution is 2.29. The highest BCUT2D eigenvalue weighted by Gasteiger charge is 2.26. The van der Waals surface area contributed by atoms with Crippen molar-refractivity contribution in [3.8, 4) is 11.1 Å². The van der Waals surface area contributed by atoms with Crippen LogP contribution in [0.2, 0.25) is 0 Å². The molecule has 3 aromatic heterocycles. The molecule has 4 aromatic rings. The Kier molecular flexibility index (Phi) is 4.14. The molecular weight excluding hydrogens is 366 g/mol. The van der Waals surface area contributed by atoms with Crippen LogP contribution in [-0.2, 0) is 10.7 Å². The van der Waals surface area contributed by atoms with Crippen LogP contribution in [0.5, 0.6) is 0 Å². The molecule has 0 aliphatic heterocycles. The van der Waals surface area contributed by atoms with Gasteiger partial charge < -0.3 is 5.73 Å². The molecule has 2 N–H and O–H groups in total. The Morgan fingerprint density at radius 1 is 1.14 bits per heavy atom. The van der Waals surface area contributed by atoms with Crippen molar-refractivity contribution in [3.05, 3.63) is 72.4 Å². The lowest BCUT2D eigenvalue weighted by atomic mass is 10.0. The van der Waals surface area contributed by atoms with Gasteiger partial charge in [-0.05, 0) is 23.3 Å². The lowest BCUT2D eigenvalue weighted by Crippen LogP contribution is -2.28. The zero-order valence-corrected chi connectivity index (χ0v) is 14.8. The maximum Gasteiger partial charge on any atom is 0.270 e. The average molecular weight is 382 g/mol. The predicted octanol–water partition coefficient (Wildman–Crippen LogP) is 2.78. The summed E-state index contributed by atoms with van der Waals surface area (Å²) in [6.45, 7) is 0.819. The molecule has 0 aliphatic carbocycles. The Balaban J connectivity index is 1.68. The molecule has 1 aromatic carbocycles. The second-order valence-electron chi connectivity index (χ2n) is 6.50. The first kappa shape index (κ1) is 17.8. The third kappa shape index (κ3) is 3.22. The molecule has 0 saturated heterocycles. The number of amides is 1. The second kappa shape index (κ2) is 6.52. The van der Waals surface area contributed by atoms with Gasteiger partial charge in [-0.2, -0.15) is 10.2 Å². The number of halogens is 2. The van der Waals surface area contributed by atoms with Crippen molar-refractivity contribution in [2.75, 3.05) is 0 Å². The Hall–Kier alpha value is -3.62. The molecule has 3 heterocycles. The minimum atomic E-state index is -2.96. The van der Waals surface area contributed by atoms with Gasteiger partial charge in [0.05, 0.1) is 6.20 Å². The Morgan fingerprint density at radius 3 is 2.57 bits per heavy atom. The van der Waals surface area contributed by atoms with Crippen molar-refractivity contribution in [3.63, 3.8) is 0 Å². The monoisotopic (exact) mass is 382 g/mol. The Labute approximate surface area is 158 Å². The van der Waals surface area contributed by atoms with Gasteiger partial charge in [0.15, 0.2) is 11.7 Å². The molecule has 0 bridgehead atoms. The standard InChI is InChI=1S/C19H16F2N6O/c1-19(20,21)15-4-2-12(3-5-15)17(18(22)28)27-10-14(9-24-27)13-6-7-26-16(8-13)23-11-25-26/h2-11,17H,1H3,(H2,22,28). The zero-order chi connectivity index (χ0) is 19.9. The summed E-state index contributed by atoms with van der Waals surface area (Å²) in [6.07, 6.45) is 6.51. The van der Waals surface area contributed by atoms with E-state index in [2.05, 4.69) is 15.2 Å². The first-order valence-electron chi connectivity index (χ1n) is 8.44. The van der Waals surface area contributed by atoms with Gasteiger partial charge in [0, 0.05) is 30.4 Å². The van der Waals surface area contributed by atoms with Crippen LogP contribution in [0.4, 0.5) is 8.78 Å². The molecule has 1 unspecified atom stereocenters. The van der Waals surface area contributed by atoms with E-state index >= 15 is 0 Å². The van der Waals surface area contributed by atoms with Gasteiger partial charge in [0.1, 0.15) is 6.33 Å². The van der Waals surface area contributed by atoms with Crippen molar-refractivity contribution < 1.29 is 13.6 Å². The van der Waals surface area contributed by atoms with Crippen molar-refractivity contribution >= 4 is 11.6 Å². The maximum absolute atomic E-state index is 13.4. The van der Waals surface area contributed by atoms with E-state index in [1.165, 1.54) is 35.3 Å². The van der Waals surface area contributed by atoms with E-state index < -0.39 is 17.9 Å². The third-order valence-electron chi connectivity index (χ3n) is 4.48. The van der Waals surface area contributed by atoms with Gasteiger partial charge >= 0.3 is 0 Å². The van der Waals surface area contributed by atoms with Crippen LogP contribution in [0.25, 0.3) is 16.8 Å². The summed E-state index contributed by atoms with van der Waals surface area (Å²) in [6, 6.07) is 8.28. The smallest absolute Gasteiger partial charge is 0.270 e. The number of rotatable bonds is 5. The molecule has 1 amide bonds. The summed E-state index contributed by atoms with van der Waals surface area (Å²) in [5.41, 5.74) is 8.18. The lowest BCUT2D eigenvalue weighted by Gasteiger charge is -2.16. The molecule has 7 nitrogen and oxygen atoms in total. The number of hydrogen-bond acceptors (Lipinski definition) is 4. The summed E-state index contributed by atoms with van der Waals surface area (Å²) >= 11 is 0. The molecular formula is C19H16F2N6O. The molecule has 0 saturated carbocycles. The summed E-state index contributed by atoms with van der Waals surface area (Å²) in [4.78, 5) is 16.2. The van der Waals surface area contributed by atoms with Gasteiger partial charge in [-0.3, -0.25) is 9.48 Å². The number of alkyl halides is 2. The summed E-state index contributed by atoms with van der Waals surface area (Å²) < 4.78 is 29.9. The molecule has 0 fully saturated rings. The van der Waals surface area contributed by atoms with Crippen molar-refractivity contribution in [2.45, 2.75) is 18.9 Å². The number of nitrogens with zero attached hydrogens (tertiary/aromatic N) is 5. The minimum absolute atomic E-state index is 0.137. The lowest BCUT2D eigenvalue weighted by molar-refractivity contribution is -0.120. The molecule has 0 spiro atoms. The van der Waals surface area contributed by atoms with E-state index in [1.807, 2.05) is 12.1 Å². The van der Waals surface area contributed by atoms with E-state index in [0.29, 0.717) is 11.2 Å². The van der Waals surface area contributed by atoms with E-state index in [0.717, 1.165) is 18.1 Å². The maximum atomic E-state index is 13.4. The number of fused-ring (bicyclic) bond motifs is 1. The van der Waals surface area contributed by atoms with Crippen molar-refractivity contribution in [2.24, 2.45) is 5.73 Å². The number of nitrogens with two attached hydrogens (primary N) is 1. The topological polar surface area (TPSA) is 91.1 Å². The summed E-state index contributed by atoms with van der Waals surface area (Å²) in [5.74, 6) is -3.60. The fourth-order valence-corrected chi connectivity index (χ4v) is 3.03. The van der Waals surface area contributed by atoms with E-state index in [4.69, 9.17) is 5.73 Å². The number of aromatic nitrogens is 5. The van der Waals surface area contributed by atoms with Gasteiger partial charge in [-0.25, -0.2) is 18.3 Å². The molecule has 9 heteroatoms. The molecule has 28 heavy (non-hydrogen) atoms. The first-order chi connectivity index (χ1) is 13.3. The van der Waals surface area contributed by atoms with Gasteiger partial charge in [-0.1, -0.05) is 24.3 Å². The van der Waals surface area contributed by atoms with Crippen LogP contribution < -0.4 is 5.73 Å². The van der Waals surface area contributed by atoms with Gasteiger partial charge in [0.25, 0.3) is 5.92 Å². The van der Waals surface area contributed by atoms with Crippen LogP contribution in [0, 0.1) is 0 Å². The molecule has 142 valence electrons. The quantitative estimate of drug-likeness (QED) is 0.575. The number of hydrogen-bond donors (Lipinski definition) is 1. The van der Waals surface area contributed by atoms with Crippen LogP contribution in [-0.4, -0.2) is 30.3 Å². The molecule has 1 atom stereocenters. The molecule has 0 radical (unpaired) electrons. The van der Waals surface area contributed by atoms with Crippen LogP contribution in [0.3, 0.4) is 0 Å². The van der Waals surface area contributed by atoms with Crippen LogP contribution in [0.15, 0.2) is 61.3 Å². The summed E-state index contributed by atoms with van der Waals surface area (Å²) in [7, 11) is 0. The number of carbonyl (C=O) groups excluding carboxylic acids is 1. The fraction of sp³-hybridized carbons (Fsp3) is 0.158. The number of benzene rings is 1. The van der Waals surface area contributed by atoms with Crippen molar-refractivity contribution in [1.82, 2.24) is 24.4 Å². The Bertz CT molecular complexity index is 1140. The first-order valence-corrected chi connectivity index (χ1v) is 8.44. The highest BCUT2D eigenvalue weighted by atomic mass is 19.3. The highest BCUT2D eigenvalue weighted by molar-refractivity contribution is 5.82. The Morgan fingerprint density at radius 2 is 1.89 bits per heavy atom. The predicted molar refractivity (Wildman–Crippen MR) is 97.6 cm³/mol. The average Bonchev–Trinajstić information content (AvgIpc) is 3.30. The van der Waals surface area contributed by atoms with E-state index in [9.17, 15) is 13.6 Å². The SMILES string of the molecule is CC(F)(F)c1ccc(C(C(N)=O)n2cc(-c3ccn4ncnc4c3)cn2)cc1. The second-order valence-corrected chi connectivity index (χ2v) is 6.50. The molecule has 4 rings (SSSR count). The number of pyridine rings is 1.